The molecule has 1 N–H and O–H groups in total. The van der Waals surface area contributed by atoms with E-state index < -0.39 is 0 Å². The molecule has 1 fully saturated rings. The first kappa shape index (κ1) is 8.91. The molecule has 1 saturated heterocycles. The average molecular weight is 223 g/mol. The summed E-state index contributed by atoms with van der Waals surface area (Å²) >= 11 is 1.59. The third-order valence-corrected chi connectivity index (χ3v) is 3.52. The molecule has 0 radical (unpaired) electrons. The molecular weight excluding hydrogens is 214 g/mol. The van der Waals surface area contributed by atoms with Crippen LogP contribution >= 0.6 is 11.8 Å². The summed E-state index contributed by atoms with van der Waals surface area (Å²) in [5.74, 6) is 2.14. The Kier molecular flexibility index (Phi) is 1.98. The number of thioether (sulfide) groups is 1. The van der Waals surface area contributed by atoms with Crippen LogP contribution in [0.5, 0.6) is 11.5 Å². The van der Waals surface area contributed by atoms with Crippen LogP contribution in [0, 0.1) is 0 Å². The highest BCUT2D eigenvalue weighted by atomic mass is 32.2. The van der Waals surface area contributed by atoms with Crippen LogP contribution in [0.2, 0.25) is 0 Å². The highest BCUT2D eigenvalue weighted by molar-refractivity contribution is 8.00. The Morgan fingerprint density at radius 3 is 3.00 bits per heavy atom. The molecule has 3 rings (SSSR count). The van der Waals surface area contributed by atoms with E-state index in [0.29, 0.717) is 5.75 Å². The van der Waals surface area contributed by atoms with E-state index in [-0.39, 0.29) is 18.1 Å². The van der Waals surface area contributed by atoms with Crippen LogP contribution in [0.1, 0.15) is 10.9 Å². The molecule has 1 amide bonds. The maximum absolute atomic E-state index is 11.1. The van der Waals surface area contributed by atoms with Gasteiger partial charge in [0.05, 0.1) is 5.75 Å². The summed E-state index contributed by atoms with van der Waals surface area (Å²) in [6.45, 7) is 0.281. The Morgan fingerprint density at radius 2 is 2.20 bits per heavy atom. The van der Waals surface area contributed by atoms with Gasteiger partial charge in [-0.25, -0.2) is 0 Å². The van der Waals surface area contributed by atoms with Gasteiger partial charge >= 0.3 is 0 Å². The van der Waals surface area contributed by atoms with Gasteiger partial charge in [-0.2, -0.15) is 0 Å². The maximum Gasteiger partial charge on any atom is 0.231 e. The van der Waals surface area contributed by atoms with Crippen molar-refractivity contribution in [1.29, 1.82) is 0 Å². The van der Waals surface area contributed by atoms with Gasteiger partial charge in [-0.1, -0.05) is 6.07 Å². The zero-order chi connectivity index (χ0) is 10.3. The highest BCUT2D eigenvalue weighted by Crippen LogP contribution is 2.38. The Balaban J connectivity index is 1.89. The Bertz CT molecular complexity index is 421. The predicted octanol–water partition coefficient (Wildman–Crippen LogP) is 1.28. The minimum Gasteiger partial charge on any atom is -0.454 e. The molecule has 2 heterocycles. The first-order chi connectivity index (χ1) is 7.33. The summed E-state index contributed by atoms with van der Waals surface area (Å²) in [7, 11) is 0. The molecule has 1 aromatic rings. The van der Waals surface area contributed by atoms with Crippen molar-refractivity contribution in [1.82, 2.24) is 5.32 Å². The van der Waals surface area contributed by atoms with Crippen molar-refractivity contribution in [3.8, 4) is 11.5 Å². The highest BCUT2D eigenvalue weighted by Gasteiger charge is 2.24. The second kappa shape index (κ2) is 3.34. The molecule has 15 heavy (non-hydrogen) atoms. The number of amides is 1. The van der Waals surface area contributed by atoms with E-state index in [1.54, 1.807) is 11.8 Å². The minimum atomic E-state index is 0.0481. The lowest BCUT2D eigenvalue weighted by atomic mass is 10.2. The number of carbonyl (C=O) groups is 1. The molecule has 0 unspecified atom stereocenters. The summed E-state index contributed by atoms with van der Waals surface area (Å²) in [6, 6.07) is 5.76. The van der Waals surface area contributed by atoms with Crippen LogP contribution in [-0.4, -0.2) is 18.5 Å². The van der Waals surface area contributed by atoms with E-state index in [9.17, 15) is 4.79 Å². The number of benzene rings is 1. The summed E-state index contributed by atoms with van der Waals surface area (Å²) in [5, 5.41) is 2.94. The van der Waals surface area contributed by atoms with Crippen molar-refractivity contribution in [3.63, 3.8) is 0 Å². The van der Waals surface area contributed by atoms with Gasteiger partial charge in [-0.05, 0) is 17.7 Å². The normalized spacial score (nSPS) is 22.9. The number of hydrogen-bond acceptors (Lipinski definition) is 4. The number of carbonyl (C=O) groups excluding carboxylic acids is 1. The standard InChI is InChI=1S/C10H9NO3S/c12-9-4-15-10(11-9)6-1-2-7-8(3-6)14-5-13-7/h1-3,10H,4-5H2,(H,11,12)/t10-/m1/s1. The first-order valence-electron chi connectivity index (χ1n) is 4.63. The molecule has 2 aliphatic rings. The number of ether oxygens (including phenoxy) is 2. The minimum absolute atomic E-state index is 0.0481. The van der Waals surface area contributed by atoms with Gasteiger partial charge in [0.2, 0.25) is 12.7 Å². The fraction of sp³-hybridized carbons (Fsp3) is 0.300. The van der Waals surface area contributed by atoms with Gasteiger partial charge in [0.1, 0.15) is 5.37 Å². The monoisotopic (exact) mass is 223 g/mol. The molecule has 1 aromatic carbocycles. The lowest BCUT2D eigenvalue weighted by molar-refractivity contribution is -0.118. The van der Waals surface area contributed by atoms with Crippen molar-refractivity contribution in [2.75, 3.05) is 12.5 Å². The average Bonchev–Trinajstić information content (AvgIpc) is 2.84. The van der Waals surface area contributed by atoms with Crippen LogP contribution < -0.4 is 14.8 Å². The van der Waals surface area contributed by atoms with Gasteiger partial charge in [-0.15, -0.1) is 11.8 Å². The maximum atomic E-state index is 11.1. The Hall–Kier alpha value is -1.36. The molecule has 0 saturated carbocycles. The van der Waals surface area contributed by atoms with Crippen LogP contribution in [0.3, 0.4) is 0 Å². The Labute approximate surface area is 90.9 Å². The lowest BCUT2D eigenvalue weighted by Crippen LogP contribution is -2.18. The summed E-state index contributed by atoms with van der Waals surface area (Å²) in [6.07, 6.45) is 0. The smallest absolute Gasteiger partial charge is 0.231 e. The van der Waals surface area contributed by atoms with Crippen LogP contribution in [-0.2, 0) is 4.79 Å². The van der Waals surface area contributed by atoms with E-state index in [4.69, 9.17) is 9.47 Å². The molecule has 2 aliphatic heterocycles. The van der Waals surface area contributed by atoms with Crippen molar-refractivity contribution in [2.45, 2.75) is 5.37 Å². The summed E-state index contributed by atoms with van der Waals surface area (Å²) < 4.78 is 10.5. The number of rotatable bonds is 1. The Morgan fingerprint density at radius 1 is 1.33 bits per heavy atom. The molecule has 1 atom stereocenters. The molecular formula is C10H9NO3S. The lowest BCUT2D eigenvalue weighted by Gasteiger charge is -2.09. The molecule has 4 nitrogen and oxygen atoms in total. The molecule has 5 heteroatoms. The molecule has 0 spiro atoms. The van der Waals surface area contributed by atoms with Crippen LogP contribution in [0.25, 0.3) is 0 Å². The van der Waals surface area contributed by atoms with Gasteiger partial charge in [0.15, 0.2) is 11.5 Å². The van der Waals surface area contributed by atoms with Gasteiger partial charge < -0.3 is 14.8 Å². The van der Waals surface area contributed by atoms with E-state index in [1.807, 2.05) is 18.2 Å². The zero-order valence-corrected chi connectivity index (χ0v) is 8.67. The second-order valence-electron chi connectivity index (χ2n) is 3.37. The first-order valence-corrected chi connectivity index (χ1v) is 5.68. The van der Waals surface area contributed by atoms with Crippen LogP contribution in [0.15, 0.2) is 18.2 Å². The van der Waals surface area contributed by atoms with E-state index in [2.05, 4.69) is 5.32 Å². The third kappa shape index (κ3) is 1.52. The second-order valence-corrected chi connectivity index (χ2v) is 4.46. The summed E-state index contributed by atoms with van der Waals surface area (Å²) in [4.78, 5) is 11.1. The van der Waals surface area contributed by atoms with Crippen molar-refractivity contribution < 1.29 is 14.3 Å². The number of nitrogens with one attached hydrogen (secondary N) is 1. The quantitative estimate of drug-likeness (QED) is 0.779. The third-order valence-electron chi connectivity index (χ3n) is 2.37. The molecule has 78 valence electrons. The molecule has 0 aliphatic carbocycles. The van der Waals surface area contributed by atoms with Crippen molar-refractivity contribution in [2.24, 2.45) is 0 Å². The predicted molar refractivity (Wildman–Crippen MR) is 55.9 cm³/mol. The number of hydrogen-bond donors (Lipinski definition) is 1. The SMILES string of the molecule is O=C1CS[C@H](c2ccc3c(c2)OCO3)N1. The summed E-state index contributed by atoms with van der Waals surface area (Å²) in [5.41, 5.74) is 1.05. The van der Waals surface area contributed by atoms with Crippen LogP contribution in [0.4, 0.5) is 0 Å². The van der Waals surface area contributed by atoms with Crippen molar-refractivity contribution in [3.05, 3.63) is 23.8 Å². The van der Waals surface area contributed by atoms with Gasteiger partial charge in [0, 0.05) is 0 Å². The van der Waals surface area contributed by atoms with Gasteiger partial charge in [-0.3, -0.25) is 4.79 Å². The van der Waals surface area contributed by atoms with E-state index in [1.165, 1.54) is 0 Å². The zero-order valence-electron chi connectivity index (χ0n) is 7.86. The topological polar surface area (TPSA) is 47.6 Å². The largest absolute Gasteiger partial charge is 0.454 e. The fourth-order valence-electron chi connectivity index (χ4n) is 1.64. The molecule has 0 aromatic heterocycles. The fourth-order valence-corrected chi connectivity index (χ4v) is 2.60. The van der Waals surface area contributed by atoms with Gasteiger partial charge in [0.25, 0.3) is 0 Å². The number of fused-ring (bicyclic) bond motifs is 1. The van der Waals surface area contributed by atoms with E-state index >= 15 is 0 Å². The van der Waals surface area contributed by atoms with Crippen molar-refractivity contribution >= 4 is 17.7 Å². The molecule has 0 bridgehead atoms. The van der Waals surface area contributed by atoms with E-state index in [0.717, 1.165) is 17.1 Å².